The second-order valence-electron chi connectivity index (χ2n) is 5.40. The maximum absolute atomic E-state index is 11.1. The molecular formula is C18H17N5O2S. The quantitative estimate of drug-likeness (QED) is 0.380. The highest BCUT2D eigenvalue weighted by Gasteiger charge is 2.12. The monoisotopic (exact) mass is 367 g/mol. The maximum atomic E-state index is 11.1. The summed E-state index contributed by atoms with van der Waals surface area (Å²) in [5.74, 6) is -0.622. The Bertz CT molecular complexity index is 887. The third-order valence-corrected chi connectivity index (χ3v) is 4.36. The van der Waals surface area contributed by atoms with Crippen molar-refractivity contribution in [1.29, 1.82) is 0 Å². The Morgan fingerprint density at radius 2 is 2.15 bits per heavy atom. The number of hydrogen-bond donors (Lipinski definition) is 2. The molecule has 26 heavy (non-hydrogen) atoms. The Balaban J connectivity index is 1.81. The highest BCUT2D eigenvalue weighted by Crippen LogP contribution is 2.19. The summed E-state index contributed by atoms with van der Waals surface area (Å²) in [7, 11) is 0. The summed E-state index contributed by atoms with van der Waals surface area (Å²) in [6, 6.07) is 9.94. The summed E-state index contributed by atoms with van der Waals surface area (Å²) in [6.45, 7) is 0. The van der Waals surface area contributed by atoms with Crippen LogP contribution in [0.5, 0.6) is 0 Å². The second-order valence-corrected chi connectivity index (χ2v) is 6.38. The van der Waals surface area contributed by atoms with E-state index in [0.29, 0.717) is 12.1 Å². The van der Waals surface area contributed by atoms with Crippen LogP contribution in [0.2, 0.25) is 0 Å². The van der Waals surface area contributed by atoms with E-state index in [0.717, 1.165) is 10.6 Å². The summed E-state index contributed by atoms with van der Waals surface area (Å²) in [4.78, 5) is 15.4. The fourth-order valence-corrected chi connectivity index (χ4v) is 2.96. The first-order chi connectivity index (χ1) is 12.7. The van der Waals surface area contributed by atoms with E-state index in [1.807, 2.05) is 41.8 Å². The molecule has 0 fully saturated rings. The van der Waals surface area contributed by atoms with Gasteiger partial charge >= 0.3 is 0 Å². The number of carbonyl (C=O) groups is 1. The van der Waals surface area contributed by atoms with Crippen molar-refractivity contribution in [3.63, 3.8) is 0 Å². The highest BCUT2D eigenvalue weighted by atomic mass is 32.1. The average molecular weight is 367 g/mol. The van der Waals surface area contributed by atoms with E-state index in [9.17, 15) is 4.79 Å². The molecule has 0 spiro atoms. The van der Waals surface area contributed by atoms with Gasteiger partial charge in [-0.3, -0.25) is 10.0 Å². The molecule has 1 atom stereocenters. The van der Waals surface area contributed by atoms with Crippen LogP contribution in [0, 0.1) is 0 Å². The fourth-order valence-electron chi connectivity index (χ4n) is 2.30. The second kappa shape index (κ2) is 8.84. The van der Waals surface area contributed by atoms with Crippen molar-refractivity contribution < 1.29 is 10.0 Å². The first-order valence-corrected chi connectivity index (χ1v) is 8.78. The van der Waals surface area contributed by atoms with Crippen LogP contribution in [0.25, 0.3) is 12.2 Å². The van der Waals surface area contributed by atoms with Crippen LogP contribution in [0.3, 0.4) is 0 Å². The van der Waals surface area contributed by atoms with Gasteiger partial charge in [-0.05, 0) is 11.6 Å². The molecule has 2 heterocycles. The summed E-state index contributed by atoms with van der Waals surface area (Å²) in [5.41, 5.74) is 3.15. The number of rotatable bonds is 7. The number of nitrogens with one attached hydrogen (secondary N) is 1. The molecule has 0 saturated heterocycles. The van der Waals surface area contributed by atoms with E-state index < -0.39 is 5.91 Å². The number of allylic oxidation sites excluding steroid dienone is 1. The van der Waals surface area contributed by atoms with E-state index in [4.69, 9.17) is 5.21 Å². The van der Waals surface area contributed by atoms with Crippen molar-refractivity contribution >= 4 is 29.4 Å². The van der Waals surface area contributed by atoms with Crippen molar-refractivity contribution in [1.82, 2.24) is 25.5 Å². The smallest absolute Gasteiger partial charge is 0.267 e. The molecule has 3 aromatic rings. The van der Waals surface area contributed by atoms with Crippen molar-refractivity contribution in [2.24, 2.45) is 0 Å². The molecule has 132 valence electrons. The molecule has 1 aromatic carbocycles. The van der Waals surface area contributed by atoms with Gasteiger partial charge in [0, 0.05) is 24.1 Å². The van der Waals surface area contributed by atoms with Gasteiger partial charge in [0.2, 0.25) is 0 Å². The minimum Gasteiger partial charge on any atom is -0.288 e. The number of amides is 1. The summed E-state index contributed by atoms with van der Waals surface area (Å²) in [6.07, 6.45) is 11.0. The van der Waals surface area contributed by atoms with Crippen LogP contribution < -0.4 is 5.48 Å². The van der Waals surface area contributed by atoms with Crippen molar-refractivity contribution in [2.75, 3.05) is 0 Å². The van der Waals surface area contributed by atoms with Crippen LogP contribution in [0.1, 0.15) is 22.3 Å². The molecule has 1 unspecified atom stereocenters. The summed E-state index contributed by atoms with van der Waals surface area (Å²) in [5, 5.41) is 19.7. The molecule has 0 radical (unpaired) electrons. The number of aromatic nitrogens is 4. The fraction of sp³-hybridized carbons (Fsp3) is 0.111. The van der Waals surface area contributed by atoms with E-state index in [1.165, 1.54) is 17.6 Å². The average Bonchev–Trinajstić information content (AvgIpc) is 3.35. The predicted octanol–water partition coefficient (Wildman–Crippen LogP) is 2.75. The van der Waals surface area contributed by atoms with Crippen LogP contribution >= 0.6 is 11.3 Å². The Hall–Kier alpha value is -3.10. The molecule has 0 aliphatic carbocycles. The predicted molar refractivity (Wildman–Crippen MR) is 99.3 cm³/mol. The number of carbonyl (C=O) groups excluding carboxylic acids is 1. The third kappa shape index (κ3) is 4.95. The lowest BCUT2D eigenvalue weighted by Crippen LogP contribution is -2.14. The number of hydroxylamine groups is 1. The first-order valence-electron chi connectivity index (χ1n) is 7.90. The van der Waals surface area contributed by atoms with Crippen molar-refractivity contribution in [3.8, 4) is 0 Å². The summed E-state index contributed by atoms with van der Waals surface area (Å²) >= 11 is 1.59. The number of benzene rings is 1. The molecule has 0 aliphatic heterocycles. The van der Waals surface area contributed by atoms with E-state index in [1.54, 1.807) is 28.4 Å². The first kappa shape index (κ1) is 17.7. The highest BCUT2D eigenvalue weighted by molar-refractivity contribution is 7.09. The van der Waals surface area contributed by atoms with Crippen LogP contribution in [0.4, 0.5) is 0 Å². The zero-order valence-corrected chi connectivity index (χ0v) is 14.6. The van der Waals surface area contributed by atoms with Gasteiger partial charge in [0.1, 0.15) is 5.69 Å². The molecule has 0 saturated carbocycles. The normalized spacial score (nSPS) is 12.7. The molecular weight excluding hydrogens is 350 g/mol. The number of hydrogen-bond acceptors (Lipinski definition) is 6. The molecule has 0 bridgehead atoms. The minimum absolute atomic E-state index is 0.0670. The van der Waals surface area contributed by atoms with Gasteiger partial charge in [-0.1, -0.05) is 47.7 Å². The minimum atomic E-state index is -0.622. The molecule has 1 amide bonds. The molecule has 7 nitrogen and oxygen atoms in total. The third-order valence-electron chi connectivity index (χ3n) is 3.56. The molecule has 3 rings (SSSR count). The van der Waals surface area contributed by atoms with Crippen LogP contribution in [0.15, 0.2) is 60.3 Å². The number of thiazole rings is 1. The molecule has 2 aromatic heterocycles. The zero-order valence-electron chi connectivity index (χ0n) is 13.8. The summed E-state index contributed by atoms with van der Waals surface area (Å²) < 4.78 is 1.73. The van der Waals surface area contributed by atoms with E-state index in [-0.39, 0.29) is 6.04 Å². The Morgan fingerprint density at radius 1 is 1.31 bits per heavy atom. The van der Waals surface area contributed by atoms with Gasteiger partial charge in [0.25, 0.3) is 5.91 Å². The zero-order chi connectivity index (χ0) is 18.2. The van der Waals surface area contributed by atoms with Crippen LogP contribution in [-0.2, 0) is 11.2 Å². The Morgan fingerprint density at radius 3 is 2.88 bits per heavy atom. The lowest BCUT2D eigenvalue weighted by molar-refractivity contribution is -0.124. The lowest BCUT2D eigenvalue weighted by Gasteiger charge is -2.11. The van der Waals surface area contributed by atoms with Crippen molar-refractivity contribution in [3.05, 3.63) is 76.5 Å². The Kier molecular flexibility index (Phi) is 6.02. The maximum Gasteiger partial charge on any atom is 0.267 e. The number of nitrogens with zero attached hydrogens (tertiary/aromatic N) is 4. The Labute approximate surface area is 154 Å². The van der Waals surface area contributed by atoms with Gasteiger partial charge in [0.05, 0.1) is 17.2 Å². The lowest BCUT2D eigenvalue weighted by atomic mass is 10.1. The molecule has 0 aliphatic rings. The molecule has 8 heteroatoms. The SMILES string of the molecule is O=C(/C=C/c1cn(C(/C=C/c2ccccc2)Cc2nccs2)nn1)NO. The van der Waals surface area contributed by atoms with Crippen LogP contribution in [-0.4, -0.2) is 31.1 Å². The van der Waals surface area contributed by atoms with Gasteiger partial charge in [0.15, 0.2) is 0 Å². The standard InChI is InChI=1S/C18H17N5O2S/c24-17(21-25)9-7-15-13-23(22-20-15)16(12-18-19-10-11-26-18)8-6-14-4-2-1-3-5-14/h1-11,13,16,25H,12H2,(H,21,24)/b8-6+,9-7+. The van der Waals surface area contributed by atoms with Gasteiger partial charge in [-0.25, -0.2) is 15.1 Å². The topological polar surface area (TPSA) is 92.9 Å². The molecule has 2 N–H and O–H groups in total. The van der Waals surface area contributed by atoms with E-state index in [2.05, 4.69) is 21.4 Å². The van der Waals surface area contributed by atoms with Gasteiger partial charge in [-0.15, -0.1) is 16.4 Å². The van der Waals surface area contributed by atoms with Crippen molar-refractivity contribution in [2.45, 2.75) is 12.5 Å². The van der Waals surface area contributed by atoms with E-state index >= 15 is 0 Å². The van der Waals surface area contributed by atoms with Gasteiger partial charge < -0.3 is 0 Å². The largest absolute Gasteiger partial charge is 0.288 e. The van der Waals surface area contributed by atoms with Gasteiger partial charge in [-0.2, -0.15) is 0 Å².